The molecule has 0 saturated heterocycles. The summed E-state index contributed by atoms with van der Waals surface area (Å²) in [6, 6.07) is 14.2. The second kappa shape index (κ2) is 12.1. The van der Waals surface area contributed by atoms with E-state index >= 15 is 0 Å². The van der Waals surface area contributed by atoms with Crippen LogP contribution in [0.2, 0.25) is 0 Å². The molecule has 3 aromatic rings. The molecule has 196 valence electrons. The van der Waals surface area contributed by atoms with Gasteiger partial charge in [-0.1, -0.05) is 49.7 Å². The number of rotatable bonds is 10. The third kappa shape index (κ3) is 6.57. The van der Waals surface area contributed by atoms with Crippen molar-refractivity contribution in [1.82, 2.24) is 15.2 Å². The molecule has 0 unspecified atom stereocenters. The zero-order valence-corrected chi connectivity index (χ0v) is 22.0. The van der Waals surface area contributed by atoms with Crippen LogP contribution < -0.4 is 10.1 Å². The summed E-state index contributed by atoms with van der Waals surface area (Å²) >= 11 is 0. The first-order valence-electron chi connectivity index (χ1n) is 12.7. The predicted octanol–water partition coefficient (Wildman–Crippen LogP) is 4.46. The van der Waals surface area contributed by atoms with Crippen LogP contribution in [-0.2, 0) is 22.6 Å². The summed E-state index contributed by atoms with van der Waals surface area (Å²) in [5, 5.41) is 2.71. The first-order valence-corrected chi connectivity index (χ1v) is 12.7. The molecule has 2 heterocycles. The van der Waals surface area contributed by atoms with Gasteiger partial charge in [0.15, 0.2) is 12.3 Å². The fraction of sp³-hybridized carbons (Fsp3) is 0.414. The maximum absolute atomic E-state index is 13.2. The minimum absolute atomic E-state index is 0.0787. The number of methoxy groups -OCH3 is 1. The minimum Gasteiger partial charge on any atom is -0.484 e. The Morgan fingerprint density at radius 1 is 1.19 bits per heavy atom. The molecular formula is C29H35N3O5. The number of oxazole rings is 1. The number of ether oxygens (including phenoxy) is 2. The lowest BCUT2D eigenvalue weighted by Gasteiger charge is -2.38. The van der Waals surface area contributed by atoms with E-state index in [0.717, 1.165) is 17.5 Å². The van der Waals surface area contributed by atoms with E-state index in [1.165, 1.54) is 17.4 Å². The largest absolute Gasteiger partial charge is 0.484 e. The van der Waals surface area contributed by atoms with Crippen LogP contribution in [0.3, 0.4) is 0 Å². The van der Waals surface area contributed by atoms with Crippen LogP contribution in [0.5, 0.6) is 5.75 Å². The van der Waals surface area contributed by atoms with Gasteiger partial charge >= 0.3 is 0 Å². The third-order valence-electron chi connectivity index (χ3n) is 6.38. The summed E-state index contributed by atoms with van der Waals surface area (Å²) in [5.41, 5.74) is 4.72. The van der Waals surface area contributed by atoms with Gasteiger partial charge in [0.2, 0.25) is 11.8 Å². The zero-order valence-electron chi connectivity index (χ0n) is 22.0. The molecule has 0 aliphatic carbocycles. The Kier molecular flexibility index (Phi) is 8.61. The third-order valence-corrected chi connectivity index (χ3v) is 6.38. The summed E-state index contributed by atoms with van der Waals surface area (Å²) in [6.07, 6.45) is 2.63. The van der Waals surface area contributed by atoms with Crippen LogP contribution in [-0.4, -0.2) is 48.5 Å². The molecule has 37 heavy (non-hydrogen) atoms. The predicted molar refractivity (Wildman–Crippen MR) is 139 cm³/mol. The van der Waals surface area contributed by atoms with Gasteiger partial charge < -0.3 is 24.1 Å². The van der Waals surface area contributed by atoms with Crippen LogP contribution >= 0.6 is 0 Å². The number of nitrogens with zero attached hydrogens (tertiary/aromatic N) is 2. The van der Waals surface area contributed by atoms with Crippen molar-refractivity contribution in [2.24, 2.45) is 5.92 Å². The monoisotopic (exact) mass is 505 g/mol. The average molecular weight is 506 g/mol. The van der Waals surface area contributed by atoms with E-state index in [1.807, 2.05) is 17.0 Å². The highest BCUT2D eigenvalue weighted by Crippen LogP contribution is 2.38. The van der Waals surface area contributed by atoms with E-state index in [9.17, 15) is 9.59 Å². The molecule has 8 nitrogen and oxygen atoms in total. The Bertz CT molecular complexity index is 1220. The molecule has 2 aromatic carbocycles. The smallest absolute Gasteiger partial charge is 0.273 e. The van der Waals surface area contributed by atoms with Gasteiger partial charge in [0.1, 0.15) is 12.0 Å². The van der Waals surface area contributed by atoms with Crippen LogP contribution in [0.25, 0.3) is 0 Å². The van der Waals surface area contributed by atoms with Crippen molar-refractivity contribution in [3.8, 4) is 5.75 Å². The average Bonchev–Trinajstić information content (AvgIpc) is 3.36. The maximum atomic E-state index is 13.2. The number of benzene rings is 2. The van der Waals surface area contributed by atoms with Crippen molar-refractivity contribution >= 4 is 11.8 Å². The molecule has 0 bridgehead atoms. The number of fused-ring (bicyclic) bond motifs is 1. The number of hydrogen-bond acceptors (Lipinski definition) is 6. The van der Waals surface area contributed by atoms with Gasteiger partial charge in [-0.2, -0.15) is 0 Å². The van der Waals surface area contributed by atoms with E-state index < -0.39 is 0 Å². The Morgan fingerprint density at radius 3 is 2.70 bits per heavy atom. The van der Waals surface area contributed by atoms with E-state index in [4.69, 9.17) is 13.9 Å². The van der Waals surface area contributed by atoms with Crippen molar-refractivity contribution in [1.29, 1.82) is 0 Å². The quantitative estimate of drug-likeness (QED) is 0.409. The molecule has 4 rings (SSSR count). The highest BCUT2D eigenvalue weighted by atomic mass is 16.5. The Morgan fingerprint density at radius 2 is 1.97 bits per heavy atom. The SMILES string of the molecule is COCCNC(=O)c1coc(COc2ccc3c(c2)[C@H](c2ccc(C)cc2)N(C(=O)CC(C)C)CC3)n1. The Balaban J connectivity index is 1.53. The number of aromatic nitrogens is 1. The van der Waals surface area contributed by atoms with Crippen LogP contribution in [0, 0.1) is 12.8 Å². The molecule has 0 radical (unpaired) electrons. The molecule has 0 fully saturated rings. The van der Waals surface area contributed by atoms with Crippen molar-refractivity contribution < 1.29 is 23.5 Å². The van der Waals surface area contributed by atoms with Crippen molar-refractivity contribution in [2.75, 3.05) is 26.8 Å². The second-order valence-electron chi connectivity index (χ2n) is 9.77. The van der Waals surface area contributed by atoms with E-state index in [2.05, 4.69) is 61.4 Å². The van der Waals surface area contributed by atoms with Crippen molar-refractivity contribution in [2.45, 2.75) is 46.3 Å². The van der Waals surface area contributed by atoms with E-state index in [-0.39, 0.29) is 36.1 Å². The first kappa shape index (κ1) is 26.4. The molecule has 1 atom stereocenters. The standard InChI is InChI=1S/C29H35N3O5/c1-19(2)15-27(33)32-13-11-21-9-10-23(16-24(21)28(32)22-7-5-20(3)6-8-22)36-18-26-31-25(17-37-26)29(34)30-12-14-35-4/h5-10,16-17,19,28H,11-15,18H2,1-4H3,(H,30,34)/t28-/m0/s1. The second-order valence-corrected chi connectivity index (χ2v) is 9.77. The van der Waals surface area contributed by atoms with Gasteiger partial charge in [-0.3, -0.25) is 9.59 Å². The number of hydrogen-bond donors (Lipinski definition) is 1. The summed E-state index contributed by atoms with van der Waals surface area (Å²) < 4.78 is 16.4. The summed E-state index contributed by atoms with van der Waals surface area (Å²) in [7, 11) is 1.57. The van der Waals surface area contributed by atoms with E-state index in [1.54, 1.807) is 7.11 Å². The van der Waals surface area contributed by atoms with Crippen molar-refractivity contribution in [3.05, 3.63) is 82.6 Å². The minimum atomic E-state index is -0.326. The zero-order chi connectivity index (χ0) is 26.4. The van der Waals surface area contributed by atoms with Gasteiger partial charge in [-0.15, -0.1) is 0 Å². The summed E-state index contributed by atoms with van der Waals surface area (Å²) in [5.74, 6) is 1.08. The lowest BCUT2D eigenvalue weighted by atomic mass is 9.87. The maximum Gasteiger partial charge on any atom is 0.273 e. The fourth-order valence-corrected chi connectivity index (χ4v) is 4.51. The number of carbonyl (C=O) groups is 2. The molecule has 0 spiro atoms. The highest BCUT2D eigenvalue weighted by molar-refractivity contribution is 5.91. The van der Waals surface area contributed by atoms with Gasteiger partial charge in [-0.05, 0) is 48.1 Å². The van der Waals surface area contributed by atoms with E-state index in [0.29, 0.717) is 37.8 Å². The summed E-state index contributed by atoms with van der Waals surface area (Å²) in [4.78, 5) is 31.6. The molecule has 8 heteroatoms. The molecule has 0 saturated carbocycles. The molecule has 1 aliphatic rings. The lowest BCUT2D eigenvalue weighted by Crippen LogP contribution is -2.41. The number of nitrogens with one attached hydrogen (secondary N) is 1. The highest BCUT2D eigenvalue weighted by Gasteiger charge is 2.32. The topological polar surface area (TPSA) is 93.9 Å². The fourth-order valence-electron chi connectivity index (χ4n) is 4.51. The van der Waals surface area contributed by atoms with Gasteiger partial charge in [-0.25, -0.2) is 4.98 Å². The normalized spacial score (nSPS) is 14.9. The lowest BCUT2D eigenvalue weighted by molar-refractivity contribution is -0.134. The van der Waals surface area contributed by atoms with Gasteiger partial charge in [0, 0.05) is 26.6 Å². The number of aryl methyl sites for hydroxylation is 1. The summed E-state index contributed by atoms with van der Waals surface area (Å²) in [6.45, 7) is 7.77. The van der Waals surface area contributed by atoms with Crippen molar-refractivity contribution in [3.63, 3.8) is 0 Å². The number of amides is 2. The van der Waals surface area contributed by atoms with Crippen LogP contribution in [0.1, 0.15) is 64.9 Å². The molecule has 1 N–H and O–H groups in total. The van der Waals surface area contributed by atoms with Gasteiger partial charge in [0.05, 0.1) is 12.6 Å². The van der Waals surface area contributed by atoms with Crippen LogP contribution in [0.4, 0.5) is 0 Å². The van der Waals surface area contributed by atoms with Gasteiger partial charge in [0.25, 0.3) is 5.91 Å². The first-order chi connectivity index (χ1) is 17.9. The molecule has 1 aliphatic heterocycles. The molecular weight excluding hydrogens is 470 g/mol. The molecule has 1 aromatic heterocycles. The Hall–Kier alpha value is -3.65. The van der Waals surface area contributed by atoms with Crippen LogP contribution in [0.15, 0.2) is 53.1 Å². The molecule has 2 amide bonds. The number of carbonyl (C=O) groups excluding carboxylic acids is 2. The Labute approximate surface area is 218 Å².